The minimum Gasteiger partial charge on any atom is -0.0617 e. The Morgan fingerprint density at radius 2 is 0.935 bits per heavy atom. The molecule has 0 aliphatic carbocycles. The Kier molecular flexibility index (Phi) is 7.26. The third-order valence-corrected chi connectivity index (χ3v) is 6.41. The van der Waals surface area contributed by atoms with Crippen LogP contribution in [0.15, 0.2) is 36.4 Å². The predicted octanol–water partition coefficient (Wildman–Crippen LogP) is 9.05. The SMILES string of the molecule is CC(C)(C)c1cc(CCCc2c(C(C)(C)C)cccc2C(C)(C)C)cc(C(C)(C)C)c1. The first-order chi connectivity index (χ1) is 13.9. The molecule has 2 aromatic rings. The molecule has 0 spiro atoms. The standard InChI is InChI=1S/C31H48/c1-28(2,3)23-19-22(20-24(21-23)29(4,5)6)15-13-16-25-26(30(7,8)9)17-14-18-27(25)31(10,11)12/h14,17-21H,13,15-16H2,1-12H3. The van der Waals surface area contributed by atoms with Crippen molar-refractivity contribution in [3.63, 3.8) is 0 Å². The fourth-order valence-electron chi connectivity index (χ4n) is 4.43. The summed E-state index contributed by atoms with van der Waals surface area (Å²) in [5.41, 5.74) is 9.69. The average Bonchev–Trinajstić information content (AvgIpc) is 2.58. The van der Waals surface area contributed by atoms with Gasteiger partial charge in [0.05, 0.1) is 0 Å². The molecule has 0 bridgehead atoms. The van der Waals surface area contributed by atoms with E-state index in [1.807, 2.05) is 0 Å². The zero-order valence-corrected chi connectivity index (χ0v) is 22.6. The smallest absolute Gasteiger partial charge is 0.0129 e. The van der Waals surface area contributed by atoms with Gasteiger partial charge < -0.3 is 0 Å². The molecule has 0 N–H and O–H groups in total. The molecule has 0 atom stereocenters. The molecule has 0 saturated carbocycles. The first-order valence-electron chi connectivity index (χ1n) is 12.2. The molecule has 0 aromatic heterocycles. The van der Waals surface area contributed by atoms with Crippen LogP contribution in [-0.4, -0.2) is 0 Å². The normalized spacial score (nSPS) is 13.5. The molecule has 0 fully saturated rings. The van der Waals surface area contributed by atoms with E-state index in [1.54, 1.807) is 5.56 Å². The van der Waals surface area contributed by atoms with Crippen LogP contribution in [0.3, 0.4) is 0 Å². The van der Waals surface area contributed by atoms with Crippen molar-refractivity contribution in [3.8, 4) is 0 Å². The molecule has 0 unspecified atom stereocenters. The van der Waals surface area contributed by atoms with Crippen molar-refractivity contribution in [1.29, 1.82) is 0 Å². The third-order valence-electron chi connectivity index (χ3n) is 6.41. The van der Waals surface area contributed by atoms with Gasteiger partial charge in [-0.2, -0.15) is 0 Å². The molecule has 2 aromatic carbocycles. The van der Waals surface area contributed by atoms with Crippen LogP contribution in [0.5, 0.6) is 0 Å². The second-order valence-electron chi connectivity index (χ2n) is 13.6. The molecular weight excluding hydrogens is 372 g/mol. The Labute approximate surface area is 193 Å². The Morgan fingerprint density at radius 1 is 0.516 bits per heavy atom. The Bertz CT molecular complexity index is 819. The van der Waals surface area contributed by atoms with E-state index in [-0.39, 0.29) is 21.7 Å². The Hall–Kier alpha value is -1.56. The second-order valence-corrected chi connectivity index (χ2v) is 13.6. The van der Waals surface area contributed by atoms with Crippen molar-refractivity contribution >= 4 is 0 Å². The van der Waals surface area contributed by atoms with Crippen LogP contribution >= 0.6 is 0 Å². The summed E-state index contributed by atoms with van der Waals surface area (Å²) >= 11 is 0. The highest BCUT2D eigenvalue weighted by atomic mass is 14.3. The van der Waals surface area contributed by atoms with E-state index in [0.29, 0.717) is 0 Å². The van der Waals surface area contributed by atoms with Gasteiger partial charge in [-0.1, -0.05) is 119 Å². The lowest BCUT2D eigenvalue weighted by molar-refractivity contribution is 0.550. The van der Waals surface area contributed by atoms with Crippen LogP contribution in [0.25, 0.3) is 0 Å². The van der Waals surface area contributed by atoms with Crippen LogP contribution < -0.4 is 0 Å². The maximum atomic E-state index is 2.45. The molecule has 0 radical (unpaired) electrons. The summed E-state index contributed by atoms with van der Waals surface area (Å²) in [5.74, 6) is 0. The molecule has 0 heterocycles. The minimum atomic E-state index is 0.169. The first-order valence-corrected chi connectivity index (χ1v) is 12.2. The number of rotatable bonds is 4. The van der Waals surface area contributed by atoms with Gasteiger partial charge in [-0.05, 0) is 74.3 Å². The Balaban J connectivity index is 2.38. The van der Waals surface area contributed by atoms with Gasteiger partial charge >= 0.3 is 0 Å². The summed E-state index contributed by atoms with van der Waals surface area (Å²) < 4.78 is 0. The lowest BCUT2D eigenvalue weighted by Crippen LogP contribution is -2.21. The van der Waals surface area contributed by atoms with E-state index in [9.17, 15) is 0 Å². The molecule has 0 aliphatic heterocycles. The Morgan fingerprint density at radius 3 is 1.29 bits per heavy atom. The summed E-state index contributed by atoms with van der Waals surface area (Å²) in [7, 11) is 0. The second kappa shape index (κ2) is 8.76. The van der Waals surface area contributed by atoms with Crippen LogP contribution in [0.1, 0.15) is 123 Å². The van der Waals surface area contributed by atoms with Crippen molar-refractivity contribution in [2.75, 3.05) is 0 Å². The van der Waals surface area contributed by atoms with Crippen LogP contribution in [-0.2, 0) is 34.5 Å². The molecule has 2 rings (SSSR count). The quantitative estimate of drug-likeness (QED) is 0.462. The molecule has 0 saturated heterocycles. The minimum absolute atomic E-state index is 0.169. The highest BCUT2D eigenvalue weighted by Gasteiger charge is 2.25. The maximum absolute atomic E-state index is 2.45. The van der Waals surface area contributed by atoms with Crippen molar-refractivity contribution < 1.29 is 0 Å². The van der Waals surface area contributed by atoms with Gasteiger partial charge in [-0.15, -0.1) is 0 Å². The van der Waals surface area contributed by atoms with E-state index in [4.69, 9.17) is 0 Å². The van der Waals surface area contributed by atoms with E-state index in [0.717, 1.165) is 12.8 Å². The summed E-state index contributed by atoms with van der Waals surface area (Å²) in [4.78, 5) is 0. The molecular formula is C31H48. The van der Waals surface area contributed by atoms with E-state index < -0.39 is 0 Å². The fraction of sp³-hybridized carbons (Fsp3) is 0.613. The topological polar surface area (TPSA) is 0 Å². The van der Waals surface area contributed by atoms with E-state index >= 15 is 0 Å². The van der Waals surface area contributed by atoms with Crippen molar-refractivity contribution in [3.05, 3.63) is 69.8 Å². The number of hydrogen-bond donors (Lipinski definition) is 0. The number of hydrogen-bond acceptors (Lipinski definition) is 0. The number of aryl methyl sites for hydroxylation is 1. The molecule has 172 valence electrons. The third kappa shape index (κ3) is 6.71. The van der Waals surface area contributed by atoms with Crippen LogP contribution in [0, 0.1) is 0 Å². The zero-order chi connectivity index (χ0) is 23.8. The van der Waals surface area contributed by atoms with Gasteiger partial charge in [0.2, 0.25) is 0 Å². The molecule has 0 nitrogen and oxygen atoms in total. The monoisotopic (exact) mass is 420 g/mol. The number of benzene rings is 2. The first kappa shape index (κ1) is 25.7. The van der Waals surface area contributed by atoms with Gasteiger partial charge in [0.1, 0.15) is 0 Å². The zero-order valence-electron chi connectivity index (χ0n) is 22.6. The van der Waals surface area contributed by atoms with Gasteiger partial charge in [0, 0.05) is 0 Å². The van der Waals surface area contributed by atoms with Gasteiger partial charge in [0.15, 0.2) is 0 Å². The molecule has 0 aliphatic rings. The van der Waals surface area contributed by atoms with Gasteiger partial charge in [-0.3, -0.25) is 0 Å². The lowest BCUT2D eigenvalue weighted by Gasteiger charge is -2.30. The highest BCUT2D eigenvalue weighted by molar-refractivity contribution is 5.43. The maximum Gasteiger partial charge on any atom is -0.0129 e. The van der Waals surface area contributed by atoms with Gasteiger partial charge in [0.25, 0.3) is 0 Å². The van der Waals surface area contributed by atoms with E-state index in [1.165, 1.54) is 34.2 Å². The fourth-order valence-corrected chi connectivity index (χ4v) is 4.43. The largest absolute Gasteiger partial charge is 0.0617 e. The van der Waals surface area contributed by atoms with Gasteiger partial charge in [-0.25, -0.2) is 0 Å². The molecule has 0 heteroatoms. The average molecular weight is 421 g/mol. The highest BCUT2D eigenvalue weighted by Crippen LogP contribution is 2.35. The van der Waals surface area contributed by atoms with Crippen molar-refractivity contribution in [1.82, 2.24) is 0 Å². The van der Waals surface area contributed by atoms with Crippen LogP contribution in [0.4, 0.5) is 0 Å². The molecule has 31 heavy (non-hydrogen) atoms. The van der Waals surface area contributed by atoms with Crippen LogP contribution in [0.2, 0.25) is 0 Å². The van der Waals surface area contributed by atoms with Crippen molar-refractivity contribution in [2.45, 2.75) is 124 Å². The lowest BCUT2D eigenvalue weighted by atomic mass is 9.75. The summed E-state index contributed by atoms with van der Waals surface area (Å²) in [6.45, 7) is 28.1. The summed E-state index contributed by atoms with van der Waals surface area (Å²) in [5, 5.41) is 0. The summed E-state index contributed by atoms with van der Waals surface area (Å²) in [6.07, 6.45) is 3.47. The molecule has 0 amide bonds. The predicted molar refractivity (Wildman–Crippen MR) is 140 cm³/mol. The summed E-state index contributed by atoms with van der Waals surface area (Å²) in [6, 6.07) is 14.3. The van der Waals surface area contributed by atoms with Crippen molar-refractivity contribution in [2.24, 2.45) is 0 Å². The van der Waals surface area contributed by atoms with E-state index in [2.05, 4.69) is 119 Å².